The molecule has 0 aromatic rings. The Kier molecular flexibility index (Phi) is 6.86. The summed E-state index contributed by atoms with van der Waals surface area (Å²) in [6.07, 6.45) is 0. The van der Waals surface area contributed by atoms with E-state index in [2.05, 4.69) is 27.7 Å². The smallest absolute Gasteiger partial charge is 0.00937 e. The summed E-state index contributed by atoms with van der Waals surface area (Å²) in [4.78, 5) is 0. The second kappa shape index (κ2) is 6.41. The summed E-state index contributed by atoms with van der Waals surface area (Å²) in [6.45, 7) is 8.71. The van der Waals surface area contributed by atoms with Gasteiger partial charge in [-0.15, -0.1) is 0 Å². The Bertz CT molecular complexity index is 59.7. The van der Waals surface area contributed by atoms with Crippen LogP contribution in [0.4, 0.5) is 0 Å². The Balaban J connectivity index is 2.91. The molecule has 0 bridgehead atoms. The lowest BCUT2D eigenvalue weighted by Crippen LogP contribution is -1.88. The minimum Gasteiger partial charge on any atom is -0.0936 e. The molecule has 60 valence electrons. The van der Waals surface area contributed by atoms with Gasteiger partial charge in [0.2, 0.25) is 0 Å². The highest BCUT2D eigenvalue weighted by Crippen LogP contribution is 2.26. The average Bonchev–Trinajstić information content (AvgIpc) is 1.79. The van der Waals surface area contributed by atoms with Crippen LogP contribution in [0, 0.1) is 11.8 Å². The summed E-state index contributed by atoms with van der Waals surface area (Å²) in [5, 5.41) is 0. The van der Waals surface area contributed by atoms with Gasteiger partial charge >= 0.3 is 0 Å². The van der Waals surface area contributed by atoms with E-state index in [1.165, 1.54) is 23.3 Å². The second-order valence-corrected chi connectivity index (χ2v) is 5.40. The van der Waals surface area contributed by atoms with E-state index in [0.717, 1.165) is 0 Å². The van der Waals surface area contributed by atoms with E-state index in [9.17, 15) is 0 Å². The van der Waals surface area contributed by atoms with Gasteiger partial charge in [0.15, 0.2) is 0 Å². The minimum atomic E-state index is 1.19. The molecule has 10 heavy (non-hydrogen) atoms. The highest BCUT2D eigenvalue weighted by atomic mass is 33.1. The van der Waals surface area contributed by atoms with Crippen LogP contribution in [0.2, 0.25) is 0 Å². The lowest BCUT2D eigenvalue weighted by molar-refractivity contribution is 1.12. The summed E-state index contributed by atoms with van der Waals surface area (Å²) in [5.74, 6) is 5.40. The first-order valence-corrected chi connectivity index (χ1v) is 5.94. The molecule has 2 heteroatoms. The van der Waals surface area contributed by atoms with Crippen LogP contribution in [-0.4, -0.2) is 11.5 Å². The zero-order chi connectivity index (χ0) is 7.98. The van der Waals surface area contributed by atoms with Gasteiger partial charge in [-0.05, 0) is 11.8 Å². The van der Waals surface area contributed by atoms with Crippen molar-refractivity contribution in [3.63, 3.8) is 0 Å². The van der Waals surface area contributed by atoms with Crippen LogP contribution in [0.15, 0.2) is 0 Å². The van der Waals surface area contributed by atoms with Crippen molar-refractivity contribution in [1.29, 1.82) is 0 Å². The van der Waals surface area contributed by atoms with Gasteiger partial charge in [-0.2, -0.15) is 0 Å². The molecule has 0 aliphatic carbocycles. The first-order chi connectivity index (χ1) is 4.63. The van der Waals surface area contributed by atoms with E-state index in [4.69, 9.17) is 0 Å². The van der Waals surface area contributed by atoms with Gasteiger partial charge in [-0.1, -0.05) is 49.3 Å². The lowest BCUT2D eigenvalue weighted by Gasteiger charge is -2.04. The highest BCUT2D eigenvalue weighted by Gasteiger charge is 1.97. The first kappa shape index (κ1) is 10.7. The van der Waals surface area contributed by atoms with E-state index in [-0.39, 0.29) is 0 Å². The van der Waals surface area contributed by atoms with Crippen LogP contribution in [0.3, 0.4) is 0 Å². The third-order valence-corrected chi connectivity index (χ3v) is 3.54. The van der Waals surface area contributed by atoms with E-state index in [1.54, 1.807) is 0 Å². The molecule has 0 saturated heterocycles. The van der Waals surface area contributed by atoms with E-state index < -0.39 is 0 Å². The van der Waals surface area contributed by atoms with Crippen molar-refractivity contribution >= 4 is 21.6 Å². The SMILES string of the molecule is C[C](C)CSSC[C](C)C. The highest BCUT2D eigenvalue weighted by molar-refractivity contribution is 8.76. The summed E-state index contributed by atoms with van der Waals surface area (Å²) < 4.78 is 0. The predicted octanol–water partition coefficient (Wildman–Crippen LogP) is 3.60. The first-order valence-electron chi connectivity index (χ1n) is 3.45. The summed E-state index contributed by atoms with van der Waals surface area (Å²) in [5.41, 5.74) is 0. The third kappa shape index (κ3) is 8.70. The second-order valence-electron chi connectivity index (χ2n) is 2.94. The van der Waals surface area contributed by atoms with Gasteiger partial charge in [-0.3, -0.25) is 0 Å². The van der Waals surface area contributed by atoms with Crippen LogP contribution in [-0.2, 0) is 0 Å². The maximum atomic E-state index is 2.18. The van der Waals surface area contributed by atoms with Crippen molar-refractivity contribution in [1.82, 2.24) is 0 Å². The van der Waals surface area contributed by atoms with Crippen molar-refractivity contribution in [2.75, 3.05) is 11.5 Å². The summed E-state index contributed by atoms with van der Waals surface area (Å²) >= 11 is 0. The monoisotopic (exact) mass is 176 g/mol. The molecule has 0 aliphatic heterocycles. The van der Waals surface area contributed by atoms with Gasteiger partial charge in [0.05, 0.1) is 0 Å². The summed E-state index contributed by atoms with van der Waals surface area (Å²) in [7, 11) is 3.90. The zero-order valence-corrected chi connectivity index (χ0v) is 8.86. The van der Waals surface area contributed by atoms with Gasteiger partial charge in [-0.25, -0.2) is 0 Å². The molecular formula is C8H16S2. The van der Waals surface area contributed by atoms with Crippen LogP contribution >= 0.6 is 21.6 Å². The quantitative estimate of drug-likeness (QED) is 0.464. The van der Waals surface area contributed by atoms with Crippen molar-refractivity contribution in [3.05, 3.63) is 11.8 Å². The fourth-order valence-electron chi connectivity index (χ4n) is 0.319. The Morgan fingerprint density at radius 2 is 1.10 bits per heavy atom. The molecule has 0 heterocycles. The van der Waals surface area contributed by atoms with E-state index in [0.29, 0.717) is 0 Å². The van der Waals surface area contributed by atoms with Gasteiger partial charge in [0.25, 0.3) is 0 Å². The Morgan fingerprint density at radius 3 is 1.30 bits per heavy atom. The third-order valence-electron chi connectivity index (χ3n) is 0.779. The zero-order valence-electron chi connectivity index (χ0n) is 7.23. The fourth-order valence-corrected chi connectivity index (χ4v) is 2.87. The molecule has 0 atom stereocenters. The van der Waals surface area contributed by atoms with Gasteiger partial charge in [0, 0.05) is 11.5 Å². The van der Waals surface area contributed by atoms with Crippen molar-refractivity contribution in [2.45, 2.75) is 27.7 Å². The molecule has 0 aromatic heterocycles. The molecule has 0 saturated carbocycles. The Hall–Kier alpha value is 0.700. The summed E-state index contributed by atoms with van der Waals surface area (Å²) in [6, 6.07) is 0. The van der Waals surface area contributed by atoms with Crippen LogP contribution in [0.1, 0.15) is 27.7 Å². The Labute approximate surface area is 72.9 Å². The largest absolute Gasteiger partial charge is 0.0936 e. The fraction of sp³-hybridized carbons (Fsp3) is 0.750. The molecule has 0 fully saturated rings. The van der Waals surface area contributed by atoms with Crippen molar-refractivity contribution in [3.8, 4) is 0 Å². The average molecular weight is 176 g/mol. The molecule has 0 aliphatic rings. The van der Waals surface area contributed by atoms with Crippen LogP contribution in [0.25, 0.3) is 0 Å². The topological polar surface area (TPSA) is 0 Å². The molecule has 2 radical (unpaired) electrons. The molecule has 0 nitrogen and oxygen atoms in total. The molecule has 0 N–H and O–H groups in total. The minimum absolute atomic E-state index is 1.19. The number of hydrogen-bond donors (Lipinski definition) is 0. The lowest BCUT2D eigenvalue weighted by atomic mass is 10.3. The van der Waals surface area contributed by atoms with Crippen molar-refractivity contribution < 1.29 is 0 Å². The van der Waals surface area contributed by atoms with Crippen LogP contribution < -0.4 is 0 Å². The maximum Gasteiger partial charge on any atom is 0.00937 e. The molecule has 0 rings (SSSR count). The van der Waals surface area contributed by atoms with Crippen LogP contribution in [0.5, 0.6) is 0 Å². The standard InChI is InChI=1S/C8H16S2/c1-7(2)5-9-10-6-8(3)4/h5-6H2,1-4H3. The van der Waals surface area contributed by atoms with Gasteiger partial charge in [0.1, 0.15) is 0 Å². The maximum absolute atomic E-state index is 2.18. The molecular weight excluding hydrogens is 160 g/mol. The molecule has 0 unspecified atom stereocenters. The Morgan fingerprint density at radius 1 is 0.800 bits per heavy atom. The number of rotatable bonds is 5. The predicted molar refractivity (Wildman–Crippen MR) is 54.1 cm³/mol. The van der Waals surface area contributed by atoms with Gasteiger partial charge < -0.3 is 0 Å². The molecule has 0 spiro atoms. The molecule has 0 aromatic carbocycles. The molecule has 0 amide bonds. The van der Waals surface area contributed by atoms with E-state index >= 15 is 0 Å². The number of hydrogen-bond acceptors (Lipinski definition) is 2. The van der Waals surface area contributed by atoms with E-state index in [1.807, 2.05) is 21.6 Å². The normalized spacial score (nSPS) is 11.4. The van der Waals surface area contributed by atoms with Crippen molar-refractivity contribution in [2.24, 2.45) is 0 Å².